The van der Waals surface area contributed by atoms with Crippen molar-refractivity contribution >= 4 is 25.0 Å². The Morgan fingerprint density at radius 2 is 1.21 bits per heavy atom. The molecule has 0 aromatic heterocycles. The number of hydrogen-bond donors (Lipinski definition) is 0. The fourth-order valence-corrected chi connectivity index (χ4v) is 5.40. The smallest absolute Gasteiger partial charge is 0.492 e. The van der Waals surface area contributed by atoms with Crippen LogP contribution in [0, 0.1) is 20.8 Å². The minimum atomic E-state index is -6.00. The molecule has 0 radical (unpaired) electrons. The third-order valence-corrected chi connectivity index (χ3v) is 6.69. The average Bonchev–Trinajstić information content (AvgIpc) is 3.28. The van der Waals surface area contributed by atoms with Crippen molar-refractivity contribution in [2.24, 2.45) is 0 Å². The number of halogens is 4. The molecule has 0 saturated heterocycles. The fourth-order valence-electron chi connectivity index (χ4n) is 5.40. The molecule has 4 aromatic rings. The Kier molecular flexibility index (Phi) is 8.43. The van der Waals surface area contributed by atoms with Crippen LogP contribution in [0.25, 0.3) is 0 Å². The molecule has 4 aromatic carbocycles. The van der Waals surface area contributed by atoms with Crippen LogP contribution in [0.3, 0.4) is 0 Å². The number of anilines is 1. The summed E-state index contributed by atoms with van der Waals surface area (Å²) in [5.74, 6) is 0.866. The maximum Gasteiger partial charge on any atom is 0.673 e. The Morgan fingerprint density at radius 1 is 0.718 bits per heavy atom. The van der Waals surface area contributed by atoms with Gasteiger partial charge in [0, 0.05) is 11.1 Å². The molecule has 8 heteroatoms. The van der Waals surface area contributed by atoms with E-state index in [2.05, 4.69) is 122 Å². The normalized spacial score (nSPS) is 16.8. The zero-order valence-corrected chi connectivity index (χ0v) is 22.4. The maximum absolute atomic E-state index is 9.75. The summed E-state index contributed by atoms with van der Waals surface area (Å²) in [7, 11) is -4.26. The van der Waals surface area contributed by atoms with Crippen molar-refractivity contribution in [3.63, 3.8) is 0 Å². The molecule has 0 saturated carbocycles. The second-order valence-corrected chi connectivity index (χ2v) is 9.56. The number of hydrogen-bond acceptors (Lipinski definition) is 2. The van der Waals surface area contributed by atoms with Crippen molar-refractivity contribution in [3.05, 3.63) is 125 Å². The van der Waals surface area contributed by atoms with E-state index in [0.29, 0.717) is 0 Å². The quantitative estimate of drug-likeness (QED) is 0.145. The van der Waals surface area contributed by atoms with Gasteiger partial charge in [-0.15, -0.1) is 0 Å². The van der Waals surface area contributed by atoms with Crippen molar-refractivity contribution in [3.8, 4) is 5.75 Å². The number of para-hydroxylation sites is 2. The third kappa shape index (κ3) is 6.51. The van der Waals surface area contributed by atoms with Crippen LogP contribution >= 0.6 is 0 Å². The molecular formula is C31H31BF4N2O. The molecule has 1 aliphatic rings. The maximum atomic E-state index is 9.75. The van der Waals surface area contributed by atoms with Crippen LogP contribution in [0.1, 0.15) is 39.9 Å². The number of aryl methyl sites for hydroxylation is 3. The zero-order chi connectivity index (χ0) is 28.2. The standard InChI is InChI=1S/C31H31N2O.BF4/c1-22-19-23(2)29(24(3)20-22)33-21-32(27-17-11-12-18-28(27)34-4)30(25-13-7-5-8-14-25)31(33)26-15-9-6-10-16-26;2-1(3,4)5/h5-21,30-31H,1-4H3;/q+1;-1/t30-,31-;/m0./s1. The lowest BCUT2D eigenvalue weighted by atomic mass is 9.91. The van der Waals surface area contributed by atoms with Crippen molar-refractivity contribution in [1.82, 2.24) is 0 Å². The van der Waals surface area contributed by atoms with E-state index in [1.165, 1.54) is 33.5 Å². The number of nitrogens with zero attached hydrogens (tertiary/aromatic N) is 2. The van der Waals surface area contributed by atoms with E-state index in [1.54, 1.807) is 7.11 Å². The van der Waals surface area contributed by atoms with Gasteiger partial charge in [-0.1, -0.05) is 90.5 Å². The summed E-state index contributed by atoms with van der Waals surface area (Å²) in [6.45, 7) is 6.60. The lowest BCUT2D eigenvalue weighted by Gasteiger charge is -2.25. The Balaban J connectivity index is 0.000000648. The molecule has 1 heterocycles. The van der Waals surface area contributed by atoms with Gasteiger partial charge in [0.2, 0.25) is 6.34 Å². The number of benzene rings is 4. The average molecular weight is 534 g/mol. The summed E-state index contributed by atoms with van der Waals surface area (Å²) >= 11 is 0. The minimum absolute atomic E-state index is 0.0694. The van der Waals surface area contributed by atoms with Crippen molar-refractivity contribution in [2.45, 2.75) is 32.9 Å². The third-order valence-electron chi connectivity index (χ3n) is 6.69. The van der Waals surface area contributed by atoms with Crippen LogP contribution in [-0.2, 0) is 0 Å². The van der Waals surface area contributed by atoms with Crippen LogP contribution in [0.5, 0.6) is 5.75 Å². The van der Waals surface area contributed by atoms with Crippen LogP contribution in [0.4, 0.5) is 28.6 Å². The highest BCUT2D eigenvalue weighted by Gasteiger charge is 2.47. The molecule has 5 rings (SSSR count). The zero-order valence-electron chi connectivity index (χ0n) is 22.4. The summed E-state index contributed by atoms with van der Waals surface area (Å²) in [5.41, 5.74) is 8.72. The van der Waals surface area contributed by atoms with Crippen molar-refractivity contribution in [2.75, 3.05) is 12.0 Å². The summed E-state index contributed by atoms with van der Waals surface area (Å²) < 4.78 is 47.3. The fraction of sp³-hybridized carbons (Fsp3) is 0.194. The van der Waals surface area contributed by atoms with Gasteiger partial charge in [0.1, 0.15) is 5.69 Å². The van der Waals surface area contributed by atoms with E-state index in [-0.39, 0.29) is 12.1 Å². The minimum Gasteiger partial charge on any atom is -0.492 e. The highest BCUT2D eigenvalue weighted by molar-refractivity contribution is 6.50. The molecule has 39 heavy (non-hydrogen) atoms. The molecule has 3 nitrogen and oxygen atoms in total. The highest BCUT2D eigenvalue weighted by atomic mass is 19.5. The Labute approximate surface area is 227 Å². The summed E-state index contributed by atoms with van der Waals surface area (Å²) in [4.78, 5) is 2.38. The van der Waals surface area contributed by atoms with Crippen molar-refractivity contribution in [1.29, 1.82) is 0 Å². The van der Waals surface area contributed by atoms with E-state index in [4.69, 9.17) is 4.74 Å². The Hall–Kier alpha value is -4.07. The van der Waals surface area contributed by atoms with E-state index in [1.807, 2.05) is 12.1 Å². The van der Waals surface area contributed by atoms with Gasteiger partial charge in [-0.3, -0.25) is 0 Å². The summed E-state index contributed by atoms with van der Waals surface area (Å²) in [5, 5.41) is 0. The SMILES string of the molecule is COc1ccccc1N1C=[N+](c2c(C)cc(C)cc2C)[C@@H](c2ccccc2)[C@@H]1c1ccccc1.F[B-](F)(F)F. The molecule has 0 N–H and O–H groups in total. The van der Waals surface area contributed by atoms with E-state index in [9.17, 15) is 17.3 Å². The molecule has 0 bridgehead atoms. The molecule has 0 aliphatic carbocycles. The lowest BCUT2D eigenvalue weighted by molar-refractivity contribution is -0.482. The predicted octanol–water partition coefficient (Wildman–Crippen LogP) is 8.60. The van der Waals surface area contributed by atoms with Crippen molar-refractivity contribution < 1.29 is 26.6 Å². The van der Waals surface area contributed by atoms with Gasteiger partial charge in [0.05, 0.1) is 7.11 Å². The van der Waals surface area contributed by atoms with Crippen LogP contribution < -0.4 is 9.64 Å². The van der Waals surface area contributed by atoms with Gasteiger partial charge < -0.3 is 22.0 Å². The molecule has 0 fully saturated rings. The number of ether oxygens (including phenoxy) is 1. The predicted molar refractivity (Wildman–Crippen MR) is 151 cm³/mol. The summed E-state index contributed by atoms with van der Waals surface area (Å²) in [6.07, 6.45) is 2.28. The van der Waals surface area contributed by atoms with Gasteiger partial charge in [0.15, 0.2) is 23.5 Å². The first-order valence-corrected chi connectivity index (χ1v) is 12.7. The number of methoxy groups -OCH3 is 1. The van der Waals surface area contributed by atoms with E-state index < -0.39 is 7.25 Å². The van der Waals surface area contributed by atoms with Gasteiger partial charge in [-0.25, -0.2) is 9.48 Å². The first-order chi connectivity index (χ1) is 18.6. The first-order valence-electron chi connectivity index (χ1n) is 12.7. The van der Waals surface area contributed by atoms with Gasteiger partial charge in [-0.2, -0.15) is 0 Å². The van der Waals surface area contributed by atoms with E-state index >= 15 is 0 Å². The van der Waals surface area contributed by atoms with Gasteiger partial charge in [0.25, 0.3) is 0 Å². The Bertz CT molecular complexity index is 1410. The number of rotatable bonds is 5. The second kappa shape index (κ2) is 11.8. The largest absolute Gasteiger partial charge is 0.673 e. The molecule has 1 aliphatic heterocycles. The molecule has 2 atom stereocenters. The monoisotopic (exact) mass is 534 g/mol. The first kappa shape index (κ1) is 28.0. The molecular weight excluding hydrogens is 503 g/mol. The highest BCUT2D eigenvalue weighted by Crippen LogP contribution is 2.48. The van der Waals surface area contributed by atoms with Gasteiger partial charge in [-0.05, 0) is 44.0 Å². The second-order valence-electron chi connectivity index (χ2n) is 9.56. The molecule has 0 unspecified atom stereocenters. The topological polar surface area (TPSA) is 15.5 Å². The van der Waals surface area contributed by atoms with Crippen LogP contribution in [-0.4, -0.2) is 25.3 Å². The van der Waals surface area contributed by atoms with Crippen LogP contribution in [0.2, 0.25) is 0 Å². The lowest BCUT2D eigenvalue weighted by Crippen LogP contribution is -2.26. The van der Waals surface area contributed by atoms with Gasteiger partial charge >= 0.3 is 7.25 Å². The molecule has 0 spiro atoms. The summed E-state index contributed by atoms with van der Waals surface area (Å²) in [6, 6.07) is 34.6. The molecule has 0 amide bonds. The Morgan fingerprint density at radius 3 is 1.74 bits per heavy atom. The molecule has 202 valence electrons. The van der Waals surface area contributed by atoms with E-state index in [0.717, 1.165) is 11.4 Å². The van der Waals surface area contributed by atoms with Crippen LogP contribution in [0.15, 0.2) is 97.1 Å².